The van der Waals surface area contributed by atoms with Crippen molar-refractivity contribution in [3.63, 3.8) is 0 Å². The highest BCUT2D eigenvalue weighted by atomic mass is 16.5. The van der Waals surface area contributed by atoms with Crippen LogP contribution in [0.4, 0.5) is 0 Å². The van der Waals surface area contributed by atoms with E-state index in [-0.39, 0.29) is 29.3 Å². The lowest BCUT2D eigenvalue weighted by Crippen LogP contribution is -2.53. The zero-order valence-corrected chi connectivity index (χ0v) is 13.6. The third-order valence-corrected chi connectivity index (χ3v) is 4.47. The average molecular weight is 327 g/mol. The number of carbonyl (C=O) groups excluding carboxylic acids is 1. The lowest BCUT2D eigenvalue weighted by molar-refractivity contribution is -0.0120. The number of amides is 1. The monoisotopic (exact) mass is 327 g/mol. The van der Waals surface area contributed by atoms with E-state index in [1.165, 1.54) is 17.7 Å². The number of ether oxygens (including phenoxy) is 1. The quantitative estimate of drug-likeness (QED) is 0.926. The zero-order valence-electron chi connectivity index (χ0n) is 13.6. The molecule has 1 amide bonds. The fourth-order valence-electron chi connectivity index (χ4n) is 3.26. The van der Waals surface area contributed by atoms with Crippen LogP contribution in [-0.2, 0) is 11.2 Å². The van der Waals surface area contributed by atoms with E-state index in [2.05, 4.69) is 22.3 Å². The molecule has 1 N–H and O–H groups in total. The van der Waals surface area contributed by atoms with Crippen LogP contribution in [0.2, 0.25) is 0 Å². The summed E-state index contributed by atoms with van der Waals surface area (Å²) in [5.74, 6) is -0.172. The molecule has 0 bridgehead atoms. The second kappa shape index (κ2) is 7.40. The normalized spacial score (nSPS) is 20.8. The highest BCUT2D eigenvalue weighted by Crippen LogP contribution is 2.24. The predicted octanol–water partition coefficient (Wildman–Crippen LogP) is 1.63. The molecule has 6 heteroatoms. The number of piperidine rings is 1. The minimum Gasteiger partial charge on any atom is -0.379 e. The van der Waals surface area contributed by atoms with Crippen molar-refractivity contribution in [1.29, 1.82) is 0 Å². The first-order chi connectivity index (χ1) is 11.7. The van der Waals surface area contributed by atoms with E-state index in [0.717, 1.165) is 19.3 Å². The Morgan fingerprint density at radius 3 is 2.75 bits per heavy atom. The summed E-state index contributed by atoms with van der Waals surface area (Å²) in [6, 6.07) is 12.8. The number of rotatable bonds is 4. The molecule has 0 saturated carbocycles. The number of likely N-dealkylation sites (tertiary alicyclic amines) is 1. The molecule has 1 aromatic heterocycles. The minimum absolute atomic E-state index is 0.00864. The van der Waals surface area contributed by atoms with Crippen molar-refractivity contribution in [3.05, 3.63) is 64.1 Å². The average Bonchev–Trinajstić information content (AvgIpc) is 2.63. The molecule has 0 spiro atoms. The summed E-state index contributed by atoms with van der Waals surface area (Å²) < 4.78 is 5.64. The predicted molar refractivity (Wildman–Crippen MR) is 89.9 cm³/mol. The Morgan fingerprint density at radius 2 is 2.08 bits per heavy atom. The van der Waals surface area contributed by atoms with Crippen molar-refractivity contribution in [2.45, 2.75) is 31.4 Å². The van der Waals surface area contributed by atoms with Crippen LogP contribution in [0, 0.1) is 0 Å². The number of hydrogen-bond donors (Lipinski definition) is 1. The fraction of sp³-hybridized carbons (Fsp3) is 0.389. The molecule has 0 radical (unpaired) electrons. The van der Waals surface area contributed by atoms with Crippen LogP contribution < -0.4 is 5.56 Å². The summed E-state index contributed by atoms with van der Waals surface area (Å²) in [4.78, 5) is 25.8. The molecule has 1 aliphatic heterocycles. The van der Waals surface area contributed by atoms with Gasteiger partial charge in [-0.1, -0.05) is 30.3 Å². The molecule has 24 heavy (non-hydrogen) atoms. The third-order valence-electron chi connectivity index (χ3n) is 4.47. The summed E-state index contributed by atoms with van der Waals surface area (Å²) in [6.45, 7) is 0.664. The topological polar surface area (TPSA) is 75.3 Å². The molecule has 0 unspecified atom stereocenters. The molecular formula is C18H21N3O3. The summed E-state index contributed by atoms with van der Waals surface area (Å²) in [7, 11) is 1.69. The van der Waals surface area contributed by atoms with Gasteiger partial charge in [-0.3, -0.25) is 9.59 Å². The van der Waals surface area contributed by atoms with E-state index >= 15 is 0 Å². The first-order valence-electron chi connectivity index (χ1n) is 8.12. The van der Waals surface area contributed by atoms with Crippen LogP contribution >= 0.6 is 0 Å². The lowest BCUT2D eigenvalue weighted by atomic mass is 9.92. The molecule has 0 aliphatic carbocycles. The van der Waals surface area contributed by atoms with Crippen molar-refractivity contribution in [3.8, 4) is 0 Å². The number of nitrogens with one attached hydrogen (secondary N) is 1. The van der Waals surface area contributed by atoms with Gasteiger partial charge in [0.1, 0.15) is 5.69 Å². The van der Waals surface area contributed by atoms with Crippen LogP contribution in [0.1, 0.15) is 28.9 Å². The Morgan fingerprint density at radius 1 is 1.29 bits per heavy atom. The Labute approximate surface area is 140 Å². The van der Waals surface area contributed by atoms with E-state index in [1.807, 2.05) is 23.1 Å². The molecule has 2 atom stereocenters. The summed E-state index contributed by atoms with van der Waals surface area (Å²) in [5, 5.41) is 6.20. The van der Waals surface area contributed by atoms with Crippen LogP contribution in [0.5, 0.6) is 0 Å². The lowest BCUT2D eigenvalue weighted by Gasteiger charge is -2.40. The van der Waals surface area contributed by atoms with Crippen LogP contribution in [0.15, 0.2) is 47.3 Å². The summed E-state index contributed by atoms with van der Waals surface area (Å²) in [5.41, 5.74) is 1.10. The van der Waals surface area contributed by atoms with E-state index in [4.69, 9.17) is 4.74 Å². The minimum atomic E-state index is -0.319. The van der Waals surface area contributed by atoms with Gasteiger partial charge < -0.3 is 9.64 Å². The van der Waals surface area contributed by atoms with Gasteiger partial charge in [0.2, 0.25) is 0 Å². The summed E-state index contributed by atoms with van der Waals surface area (Å²) in [6.07, 6.45) is 2.54. The van der Waals surface area contributed by atoms with Gasteiger partial charge in [0, 0.05) is 19.7 Å². The second-order valence-corrected chi connectivity index (χ2v) is 5.98. The van der Waals surface area contributed by atoms with Gasteiger partial charge in [-0.25, -0.2) is 5.10 Å². The van der Waals surface area contributed by atoms with E-state index < -0.39 is 0 Å². The molecule has 6 nitrogen and oxygen atoms in total. The first-order valence-corrected chi connectivity index (χ1v) is 8.12. The number of aromatic amines is 1. The van der Waals surface area contributed by atoms with Gasteiger partial charge in [-0.2, -0.15) is 5.10 Å². The highest BCUT2D eigenvalue weighted by molar-refractivity contribution is 5.92. The Bertz CT molecular complexity index is 724. The number of carbonyl (C=O) groups is 1. The van der Waals surface area contributed by atoms with Crippen molar-refractivity contribution < 1.29 is 9.53 Å². The standard InChI is InChI=1S/C18H21N3O3/c1-24-16-8-5-11-21(15(16)12-13-6-3-2-4-7-13)18(23)14-9-10-17(22)20-19-14/h2-4,6-7,9-10,15-16H,5,8,11-12H2,1H3,(H,20,22)/t15-,16-/m0/s1. The molecule has 1 aromatic carbocycles. The first kappa shape index (κ1) is 16.4. The molecule has 2 aromatic rings. The maximum atomic E-state index is 12.9. The number of nitrogens with zero attached hydrogens (tertiary/aromatic N) is 2. The van der Waals surface area contributed by atoms with Crippen molar-refractivity contribution in [2.75, 3.05) is 13.7 Å². The SMILES string of the molecule is CO[C@H]1CCCN(C(=O)c2ccc(=O)[nH]n2)[C@H]1Cc1ccccc1. The van der Waals surface area contributed by atoms with Crippen LogP contribution in [0.3, 0.4) is 0 Å². The van der Waals surface area contributed by atoms with Gasteiger partial charge in [0.25, 0.3) is 11.5 Å². The largest absolute Gasteiger partial charge is 0.379 e. The molecule has 1 saturated heterocycles. The molecule has 1 aliphatic rings. The number of aromatic nitrogens is 2. The van der Waals surface area contributed by atoms with Gasteiger partial charge in [0.05, 0.1) is 12.1 Å². The van der Waals surface area contributed by atoms with E-state index in [9.17, 15) is 9.59 Å². The molecular weight excluding hydrogens is 306 g/mol. The molecule has 1 fully saturated rings. The molecule has 2 heterocycles. The van der Waals surface area contributed by atoms with Crippen LogP contribution in [-0.4, -0.2) is 46.8 Å². The van der Waals surface area contributed by atoms with E-state index in [0.29, 0.717) is 6.54 Å². The Balaban J connectivity index is 1.86. The van der Waals surface area contributed by atoms with E-state index in [1.54, 1.807) is 7.11 Å². The van der Waals surface area contributed by atoms with Gasteiger partial charge in [-0.15, -0.1) is 0 Å². The maximum absolute atomic E-state index is 12.9. The van der Waals surface area contributed by atoms with Crippen LogP contribution in [0.25, 0.3) is 0 Å². The number of benzene rings is 1. The fourth-order valence-corrected chi connectivity index (χ4v) is 3.26. The van der Waals surface area contributed by atoms with Gasteiger partial charge >= 0.3 is 0 Å². The number of hydrogen-bond acceptors (Lipinski definition) is 4. The van der Waals surface area contributed by atoms with Crippen molar-refractivity contribution in [1.82, 2.24) is 15.1 Å². The maximum Gasteiger partial charge on any atom is 0.274 e. The highest BCUT2D eigenvalue weighted by Gasteiger charge is 2.35. The smallest absolute Gasteiger partial charge is 0.274 e. The second-order valence-electron chi connectivity index (χ2n) is 5.98. The Kier molecular flexibility index (Phi) is 5.05. The number of H-pyrrole nitrogens is 1. The van der Waals surface area contributed by atoms with Crippen molar-refractivity contribution in [2.24, 2.45) is 0 Å². The van der Waals surface area contributed by atoms with Gasteiger partial charge in [-0.05, 0) is 30.9 Å². The zero-order chi connectivity index (χ0) is 16.9. The molecule has 3 rings (SSSR count). The third kappa shape index (κ3) is 3.54. The molecule has 126 valence electrons. The summed E-state index contributed by atoms with van der Waals surface area (Å²) >= 11 is 0. The van der Waals surface area contributed by atoms with Gasteiger partial charge in [0.15, 0.2) is 0 Å². The number of methoxy groups -OCH3 is 1. The van der Waals surface area contributed by atoms with Crippen molar-refractivity contribution >= 4 is 5.91 Å². The Hall–Kier alpha value is -2.47.